The zero-order chi connectivity index (χ0) is 18.3. The first-order valence-electron chi connectivity index (χ1n) is 7.59. The first-order chi connectivity index (χ1) is 11.9. The van der Waals surface area contributed by atoms with Gasteiger partial charge in [-0.2, -0.15) is 13.2 Å². The van der Waals surface area contributed by atoms with Crippen LogP contribution in [0.4, 0.5) is 13.2 Å². The van der Waals surface area contributed by atoms with Gasteiger partial charge in [0.2, 0.25) is 5.78 Å². The van der Waals surface area contributed by atoms with Crippen molar-refractivity contribution in [3.05, 3.63) is 71.3 Å². The summed E-state index contributed by atoms with van der Waals surface area (Å²) in [5.41, 5.74) is 2.30. The molecule has 0 fully saturated rings. The number of hydrogen-bond donors (Lipinski definition) is 0. The monoisotopic (exact) mass is 340 g/mol. The summed E-state index contributed by atoms with van der Waals surface area (Å²) in [4.78, 5) is 11.3. The number of hydrogen-bond acceptors (Lipinski definition) is 1. The Bertz CT molecular complexity index is 842. The molecule has 0 N–H and O–H groups in total. The maximum absolute atomic E-state index is 12.6. The second-order valence-corrected chi connectivity index (χ2v) is 5.47. The summed E-state index contributed by atoms with van der Waals surface area (Å²) in [7, 11) is 0. The number of carbonyl (C=O) groups is 1. The Morgan fingerprint density at radius 1 is 1.00 bits per heavy atom. The van der Waals surface area contributed by atoms with Crippen LogP contribution in [0.3, 0.4) is 0 Å². The van der Waals surface area contributed by atoms with Crippen LogP contribution in [0.1, 0.15) is 29.0 Å². The summed E-state index contributed by atoms with van der Waals surface area (Å²) in [6.45, 7) is 1.87. The van der Waals surface area contributed by atoms with Gasteiger partial charge in [-0.15, -0.1) is 0 Å². The number of carbonyl (C=O) groups excluding carboxylic acids is 1. The molecule has 0 spiro atoms. The Labute approximate surface area is 144 Å². The Balaban J connectivity index is 2.23. The van der Waals surface area contributed by atoms with Gasteiger partial charge in [-0.1, -0.05) is 59.9 Å². The van der Waals surface area contributed by atoms with Crippen LogP contribution in [-0.4, -0.2) is 12.0 Å². The molecule has 0 amide bonds. The summed E-state index contributed by atoms with van der Waals surface area (Å²) in [6, 6.07) is 16.0. The fourth-order valence-corrected chi connectivity index (χ4v) is 2.10. The Hall–Kier alpha value is -2.98. The number of alkyl halides is 3. The highest BCUT2D eigenvalue weighted by Crippen LogP contribution is 2.26. The van der Waals surface area contributed by atoms with Crippen molar-refractivity contribution in [3.63, 3.8) is 0 Å². The van der Waals surface area contributed by atoms with Crippen LogP contribution in [0.2, 0.25) is 0 Å². The molecule has 0 saturated carbocycles. The van der Waals surface area contributed by atoms with Crippen molar-refractivity contribution in [1.82, 2.24) is 0 Å². The molecule has 0 aliphatic heterocycles. The van der Waals surface area contributed by atoms with Crippen LogP contribution >= 0.6 is 0 Å². The van der Waals surface area contributed by atoms with E-state index >= 15 is 0 Å². The van der Waals surface area contributed by atoms with E-state index in [4.69, 9.17) is 0 Å². The van der Waals surface area contributed by atoms with Crippen molar-refractivity contribution >= 4 is 5.78 Å². The first-order valence-corrected chi connectivity index (χ1v) is 7.59. The van der Waals surface area contributed by atoms with E-state index in [0.717, 1.165) is 11.1 Å². The Morgan fingerprint density at radius 2 is 1.64 bits per heavy atom. The molecular formula is C21H15F3O. The minimum atomic E-state index is -4.86. The molecule has 0 radical (unpaired) electrons. The van der Waals surface area contributed by atoms with Crippen LogP contribution in [0.15, 0.2) is 54.6 Å². The van der Waals surface area contributed by atoms with Crippen molar-refractivity contribution < 1.29 is 18.0 Å². The van der Waals surface area contributed by atoms with Gasteiger partial charge in [-0.3, -0.25) is 4.79 Å². The smallest absolute Gasteiger partial charge is 0.290 e. The van der Waals surface area contributed by atoms with E-state index in [9.17, 15) is 18.0 Å². The zero-order valence-electron chi connectivity index (χ0n) is 13.5. The fourth-order valence-electron chi connectivity index (χ4n) is 2.10. The zero-order valence-corrected chi connectivity index (χ0v) is 13.5. The van der Waals surface area contributed by atoms with Crippen LogP contribution in [0.25, 0.3) is 0 Å². The van der Waals surface area contributed by atoms with Gasteiger partial charge in [0.15, 0.2) is 0 Å². The van der Waals surface area contributed by atoms with Gasteiger partial charge in [0.1, 0.15) is 0 Å². The molecule has 2 aromatic carbocycles. The molecule has 126 valence electrons. The molecule has 0 unspecified atom stereocenters. The van der Waals surface area contributed by atoms with E-state index in [1.807, 2.05) is 25.1 Å². The topological polar surface area (TPSA) is 17.1 Å². The standard InChI is InChI=1S/C21H15F3O/c1-16-11-13-18(14-12-16)19(15-20(25)21(22,23)24)10-6-5-9-17-7-3-2-4-8-17/h2-4,7-8,11-14,19H,15H2,1H3/t19-/m1/s1. The molecule has 0 aromatic heterocycles. The van der Waals surface area contributed by atoms with E-state index < -0.39 is 24.3 Å². The van der Waals surface area contributed by atoms with Crippen LogP contribution < -0.4 is 0 Å². The average Bonchev–Trinajstić information content (AvgIpc) is 2.58. The van der Waals surface area contributed by atoms with Crippen molar-refractivity contribution in [2.45, 2.75) is 25.4 Å². The summed E-state index contributed by atoms with van der Waals surface area (Å²) in [5, 5.41) is 0. The van der Waals surface area contributed by atoms with E-state index in [1.165, 1.54) is 0 Å². The molecular weight excluding hydrogens is 325 g/mol. The number of rotatable bonds is 3. The van der Waals surface area contributed by atoms with Crippen LogP contribution in [0, 0.1) is 30.6 Å². The van der Waals surface area contributed by atoms with Gasteiger partial charge in [0, 0.05) is 12.0 Å². The predicted octanol–water partition coefficient (Wildman–Crippen LogP) is 4.66. The minimum Gasteiger partial charge on any atom is -0.290 e. The molecule has 0 heterocycles. The predicted molar refractivity (Wildman–Crippen MR) is 90.7 cm³/mol. The Morgan fingerprint density at radius 3 is 2.24 bits per heavy atom. The van der Waals surface area contributed by atoms with Crippen LogP contribution in [-0.2, 0) is 4.79 Å². The van der Waals surface area contributed by atoms with E-state index in [2.05, 4.69) is 23.7 Å². The lowest BCUT2D eigenvalue weighted by atomic mass is 9.93. The van der Waals surface area contributed by atoms with Gasteiger partial charge in [-0.05, 0) is 36.5 Å². The maximum Gasteiger partial charge on any atom is 0.450 e. The number of halogens is 3. The summed E-state index contributed by atoms with van der Waals surface area (Å²) < 4.78 is 37.7. The normalized spacial score (nSPS) is 11.5. The molecule has 25 heavy (non-hydrogen) atoms. The number of aryl methyl sites for hydroxylation is 1. The number of benzene rings is 2. The third-order valence-corrected chi connectivity index (χ3v) is 3.47. The third kappa shape index (κ3) is 5.86. The summed E-state index contributed by atoms with van der Waals surface area (Å²) >= 11 is 0. The highest BCUT2D eigenvalue weighted by Gasteiger charge is 2.39. The minimum absolute atomic E-state index is 0.567. The van der Waals surface area contributed by atoms with E-state index in [1.54, 1.807) is 36.4 Å². The molecule has 4 heteroatoms. The SMILES string of the molecule is Cc1ccc([C@H](C#CC#Cc2ccccc2)CC(=O)C(F)(F)F)cc1. The molecule has 0 bridgehead atoms. The molecule has 2 aromatic rings. The molecule has 2 rings (SSSR count). The quantitative estimate of drug-likeness (QED) is 0.743. The van der Waals surface area contributed by atoms with Crippen molar-refractivity contribution in [2.24, 2.45) is 0 Å². The largest absolute Gasteiger partial charge is 0.450 e. The number of ketones is 1. The van der Waals surface area contributed by atoms with Gasteiger partial charge >= 0.3 is 6.18 Å². The second kappa shape index (κ2) is 8.22. The second-order valence-electron chi connectivity index (χ2n) is 5.47. The summed E-state index contributed by atoms with van der Waals surface area (Å²) in [6.07, 6.45) is -5.58. The van der Waals surface area contributed by atoms with E-state index in [0.29, 0.717) is 5.56 Å². The molecule has 1 atom stereocenters. The van der Waals surface area contributed by atoms with Crippen molar-refractivity contribution in [1.29, 1.82) is 0 Å². The lowest BCUT2D eigenvalue weighted by Crippen LogP contribution is -2.24. The molecule has 0 aliphatic rings. The molecule has 1 nitrogen and oxygen atoms in total. The molecule has 0 saturated heterocycles. The Kier molecular flexibility index (Phi) is 6.03. The van der Waals surface area contributed by atoms with Crippen molar-refractivity contribution in [2.75, 3.05) is 0 Å². The number of Topliss-reactive ketones (excluding diaryl/α,β-unsaturated/α-hetero) is 1. The van der Waals surface area contributed by atoms with E-state index in [-0.39, 0.29) is 0 Å². The van der Waals surface area contributed by atoms with Gasteiger partial charge < -0.3 is 0 Å². The lowest BCUT2D eigenvalue weighted by Gasteiger charge is -2.12. The highest BCUT2D eigenvalue weighted by atomic mass is 19.4. The summed E-state index contributed by atoms with van der Waals surface area (Å²) in [5.74, 6) is 8.06. The lowest BCUT2D eigenvalue weighted by molar-refractivity contribution is -0.171. The van der Waals surface area contributed by atoms with Crippen molar-refractivity contribution in [3.8, 4) is 23.7 Å². The highest BCUT2D eigenvalue weighted by molar-refractivity contribution is 5.85. The third-order valence-electron chi connectivity index (χ3n) is 3.47. The maximum atomic E-state index is 12.6. The molecule has 0 aliphatic carbocycles. The van der Waals surface area contributed by atoms with Crippen LogP contribution in [0.5, 0.6) is 0 Å². The van der Waals surface area contributed by atoms with Gasteiger partial charge in [-0.25, -0.2) is 0 Å². The average molecular weight is 340 g/mol. The first kappa shape index (κ1) is 18.4. The van der Waals surface area contributed by atoms with Gasteiger partial charge in [0.25, 0.3) is 0 Å². The van der Waals surface area contributed by atoms with Gasteiger partial charge in [0.05, 0.1) is 5.92 Å². The fraction of sp³-hybridized carbons (Fsp3) is 0.190.